The number of carbonyl (C=O) groups is 1. The van der Waals surface area contributed by atoms with Crippen molar-refractivity contribution in [2.45, 2.75) is 6.10 Å². The van der Waals surface area contributed by atoms with E-state index < -0.39 is 12.1 Å². The summed E-state index contributed by atoms with van der Waals surface area (Å²) in [5, 5.41) is 0. The first kappa shape index (κ1) is 19.3. The van der Waals surface area contributed by atoms with Crippen molar-refractivity contribution in [2.75, 3.05) is 21.3 Å². The zero-order valence-corrected chi connectivity index (χ0v) is 16.0. The van der Waals surface area contributed by atoms with Crippen LogP contribution in [0.1, 0.15) is 27.6 Å². The lowest BCUT2D eigenvalue weighted by molar-refractivity contribution is 0.0373. The van der Waals surface area contributed by atoms with Gasteiger partial charge < -0.3 is 18.9 Å². The van der Waals surface area contributed by atoms with Crippen LogP contribution in [-0.4, -0.2) is 27.3 Å². The van der Waals surface area contributed by atoms with Crippen LogP contribution in [0.5, 0.6) is 17.2 Å². The topological polar surface area (TPSA) is 54.0 Å². The first-order valence-corrected chi connectivity index (χ1v) is 8.79. The van der Waals surface area contributed by atoms with Crippen molar-refractivity contribution in [2.24, 2.45) is 0 Å². The maximum Gasteiger partial charge on any atom is 0.343 e. The summed E-state index contributed by atoms with van der Waals surface area (Å²) in [6.07, 6.45) is -0.548. The van der Waals surface area contributed by atoms with E-state index in [0.717, 1.165) is 11.1 Å². The van der Waals surface area contributed by atoms with Crippen molar-refractivity contribution in [3.63, 3.8) is 0 Å². The molecule has 0 fully saturated rings. The molecular formula is C23H22O5. The quantitative estimate of drug-likeness (QED) is 0.560. The number of rotatable bonds is 7. The molecule has 3 aromatic rings. The van der Waals surface area contributed by atoms with Crippen molar-refractivity contribution < 1.29 is 23.7 Å². The predicted octanol–water partition coefficient (Wildman–Crippen LogP) is 4.66. The zero-order valence-electron chi connectivity index (χ0n) is 16.0. The highest BCUT2D eigenvalue weighted by Crippen LogP contribution is 2.40. The first-order valence-electron chi connectivity index (χ1n) is 8.79. The minimum atomic E-state index is -0.548. The number of carbonyl (C=O) groups excluding carboxylic acids is 1. The van der Waals surface area contributed by atoms with E-state index in [0.29, 0.717) is 11.5 Å². The Kier molecular flexibility index (Phi) is 6.17. The van der Waals surface area contributed by atoms with E-state index in [1.165, 1.54) is 21.3 Å². The Labute approximate surface area is 164 Å². The summed E-state index contributed by atoms with van der Waals surface area (Å²) >= 11 is 0. The molecule has 0 bridgehead atoms. The van der Waals surface area contributed by atoms with E-state index in [-0.39, 0.29) is 11.3 Å². The number of hydrogen-bond donors (Lipinski definition) is 0. The highest BCUT2D eigenvalue weighted by atomic mass is 16.6. The summed E-state index contributed by atoms with van der Waals surface area (Å²) in [5.41, 5.74) is 2.01. The third-order valence-electron chi connectivity index (χ3n) is 4.35. The summed E-state index contributed by atoms with van der Waals surface area (Å²) in [7, 11) is 4.49. The van der Waals surface area contributed by atoms with E-state index in [4.69, 9.17) is 18.9 Å². The van der Waals surface area contributed by atoms with Gasteiger partial charge >= 0.3 is 5.97 Å². The van der Waals surface area contributed by atoms with E-state index in [1.807, 2.05) is 60.7 Å². The maximum absolute atomic E-state index is 13.1. The highest BCUT2D eigenvalue weighted by molar-refractivity contribution is 5.94. The van der Waals surface area contributed by atoms with Crippen molar-refractivity contribution in [3.8, 4) is 17.2 Å². The monoisotopic (exact) mass is 378 g/mol. The van der Waals surface area contributed by atoms with Gasteiger partial charge in [-0.1, -0.05) is 60.7 Å². The fourth-order valence-electron chi connectivity index (χ4n) is 3.02. The van der Waals surface area contributed by atoms with Crippen LogP contribution in [-0.2, 0) is 4.74 Å². The molecule has 0 aromatic heterocycles. The van der Waals surface area contributed by atoms with Gasteiger partial charge in [-0.15, -0.1) is 0 Å². The summed E-state index contributed by atoms with van der Waals surface area (Å²) in [4.78, 5) is 13.1. The van der Waals surface area contributed by atoms with Gasteiger partial charge in [0.2, 0.25) is 5.75 Å². The summed E-state index contributed by atoms with van der Waals surface area (Å²) in [6, 6.07) is 22.5. The fraction of sp³-hybridized carbons (Fsp3) is 0.174. The SMILES string of the molecule is COc1ccc(C(=O)OC(c2ccccc2)c2ccccc2)c(OC)c1OC. The van der Waals surface area contributed by atoms with Crippen LogP contribution in [0.2, 0.25) is 0 Å². The van der Waals surface area contributed by atoms with Gasteiger partial charge in [-0.25, -0.2) is 4.79 Å². The molecule has 0 aliphatic carbocycles. The molecule has 0 N–H and O–H groups in total. The van der Waals surface area contributed by atoms with Crippen molar-refractivity contribution in [1.29, 1.82) is 0 Å². The number of methoxy groups -OCH3 is 3. The number of ether oxygens (including phenoxy) is 4. The maximum atomic E-state index is 13.1. The van der Waals surface area contributed by atoms with Crippen LogP contribution in [0, 0.1) is 0 Å². The van der Waals surface area contributed by atoms with Crippen LogP contribution in [0.4, 0.5) is 0 Å². The molecule has 0 aliphatic heterocycles. The lowest BCUT2D eigenvalue weighted by atomic mass is 10.0. The van der Waals surface area contributed by atoms with Crippen LogP contribution in [0.3, 0.4) is 0 Å². The van der Waals surface area contributed by atoms with Crippen LogP contribution < -0.4 is 14.2 Å². The summed E-state index contributed by atoms with van der Waals surface area (Å²) in [6.45, 7) is 0. The lowest BCUT2D eigenvalue weighted by Gasteiger charge is -2.20. The first-order chi connectivity index (χ1) is 13.7. The molecule has 0 saturated heterocycles. The molecule has 3 rings (SSSR count). The normalized spacial score (nSPS) is 10.4. The van der Waals surface area contributed by atoms with Crippen molar-refractivity contribution in [1.82, 2.24) is 0 Å². The average Bonchev–Trinajstić information content (AvgIpc) is 2.77. The van der Waals surface area contributed by atoms with Gasteiger partial charge in [0.25, 0.3) is 0 Å². The second-order valence-corrected chi connectivity index (χ2v) is 5.99. The Balaban J connectivity index is 1.99. The smallest absolute Gasteiger partial charge is 0.343 e. The van der Waals surface area contributed by atoms with E-state index in [9.17, 15) is 4.79 Å². The van der Waals surface area contributed by atoms with Gasteiger partial charge in [0.05, 0.1) is 21.3 Å². The number of hydrogen-bond acceptors (Lipinski definition) is 5. The highest BCUT2D eigenvalue weighted by Gasteiger charge is 2.25. The fourth-order valence-corrected chi connectivity index (χ4v) is 3.02. The molecule has 0 radical (unpaired) electrons. The molecular weight excluding hydrogens is 356 g/mol. The predicted molar refractivity (Wildman–Crippen MR) is 106 cm³/mol. The van der Waals surface area contributed by atoms with E-state index in [2.05, 4.69) is 0 Å². The second kappa shape index (κ2) is 8.95. The molecule has 0 spiro atoms. The number of benzene rings is 3. The Hall–Kier alpha value is -3.47. The minimum absolute atomic E-state index is 0.261. The molecule has 0 atom stereocenters. The second-order valence-electron chi connectivity index (χ2n) is 5.99. The third-order valence-corrected chi connectivity index (χ3v) is 4.35. The molecule has 0 heterocycles. The molecule has 0 amide bonds. The molecule has 0 saturated carbocycles. The van der Waals surface area contributed by atoms with Crippen LogP contribution in [0.25, 0.3) is 0 Å². The van der Waals surface area contributed by atoms with Gasteiger partial charge in [-0.05, 0) is 23.3 Å². The van der Waals surface area contributed by atoms with Gasteiger partial charge in [0, 0.05) is 0 Å². The molecule has 0 unspecified atom stereocenters. The Morgan fingerprint density at radius 3 is 1.68 bits per heavy atom. The van der Waals surface area contributed by atoms with Gasteiger partial charge in [-0.3, -0.25) is 0 Å². The molecule has 3 aromatic carbocycles. The van der Waals surface area contributed by atoms with Gasteiger partial charge in [-0.2, -0.15) is 0 Å². The number of esters is 1. The van der Waals surface area contributed by atoms with Gasteiger partial charge in [0.15, 0.2) is 17.6 Å². The lowest BCUT2D eigenvalue weighted by Crippen LogP contribution is -2.14. The Morgan fingerprint density at radius 2 is 1.21 bits per heavy atom. The molecule has 5 heteroatoms. The van der Waals surface area contributed by atoms with Crippen molar-refractivity contribution >= 4 is 5.97 Å². The minimum Gasteiger partial charge on any atom is -0.493 e. The summed E-state index contributed by atoms with van der Waals surface area (Å²) < 4.78 is 22.0. The zero-order chi connectivity index (χ0) is 19.9. The molecule has 28 heavy (non-hydrogen) atoms. The van der Waals surface area contributed by atoms with Crippen molar-refractivity contribution in [3.05, 3.63) is 89.5 Å². The molecule has 5 nitrogen and oxygen atoms in total. The molecule has 0 aliphatic rings. The summed E-state index contributed by atoms with van der Waals surface area (Å²) in [5.74, 6) is 0.566. The van der Waals surface area contributed by atoms with Crippen LogP contribution >= 0.6 is 0 Å². The van der Waals surface area contributed by atoms with E-state index >= 15 is 0 Å². The standard InChI is InChI=1S/C23H22O5/c1-25-19-15-14-18(21(26-2)22(19)27-3)23(24)28-20(16-10-6-4-7-11-16)17-12-8-5-9-13-17/h4-15,20H,1-3H3. The Morgan fingerprint density at radius 1 is 0.679 bits per heavy atom. The van der Waals surface area contributed by atoms with E-state index in [1.54, 1.807) is 12.1 Å². The van der Waals surface area contributed by atoms with Gasteiger partial charge in [0.1, 0.15) is 5.56 Å². The third kappa shape index (κ3) is 3.93. The Bertz CT molecular complexity index is 883. The molecule has 144 valence electrons. The van der Waals surface area contributed by atoms with Crippen LogP contribution in [0.15, 0.2) is 72.8 Å². The average molecular weight is 378 g/mol. The largest absolute Gasteiger partial charge is 0.493 e.